The zero-order valence-corrected chi connectivity index (χ0v) is 11.7. The standard InChI is InChI=1S/C15H23NO2/c1-5-12(3)16(6-2)15(4,14(17)18)13-10-8-7-9-11-13/h7-12H,5-6H2,1-4H3,(H,17,18). The van der Waals surface area contributed by atoms with Crippen LogP contribution in [0.25, 0.3) is 0 Å². The summed E-state index contributed by atoms with van der Waals surface area (Å²) in [5.41, 5.74) is -0.134. The Morgan fingerprint density at radius 1 is 1.33 bits per heavy atom. The molecule has 1 N–H and O–H groups in total. The fourth-order valence-corrected chi connectivity index (χ4v) is 2.46. The zero-order valence-electron chi connectivity index (χ0n) is 11.7. The van der Waals surface area contributed by atoms with Crippen LogP contribution in [0.15, 0.2) is 30.3 Å². The maximum atomic E-state index is 11.8. The first-order valence-electron chi connectivity index (χ1n) is 6.54. The molecule has 0 fully saturated rings. The van der Waals surface area contributed by atoms with Crippen LogP contribution < -0.4 is 0 Å². The molecule has 2 atom stereocenters. The molecule has 0 bridgehead atoms. The highest BCUT2D eigenvalue weighted by atomic mass is 16.4. The Bertz CT molecular complexity index is 391. The van der Waals surface area contributed by atoms with Crippen molar-refractivity contribution in [2.45, 2.75) is 45.7 Å². The van der Waals surface area contributed by atoms with Crippen molar-refractivity contribution < 1.29 is 9.90 Å². The molecule has 0 heterocycles. The summed E-state index contributed by atoms with van der Waals surface area (Å²) in [7, 11) is 0. The van der Waals surface area contributed by atoms with Gasteiger partial charge in [0, 0.05) is 6.04 Å². The molecule has 0 aliphatic carbocycles. The van der Waals surface area contributed by atoms with Gasteiger partial charge in [0.05, 0.1) is 0 Å². The molecule has 0 saturated carbocycles. The van der Waals surface area contributed by atoms with E-state index >= 15 is 0 Å². The van der Waals surface area contributed by atoms with Crippen LogP contribution in [0, 0.1) is 0 Å². The number of aliphatic carboxylic acids is 1. The Hall–Kier alpha value is -1.35. The summed E-state index contributed by atoms with van der Waals surface area (Å²) in [6.45, 7) is 8.68. The van der Waals surface area contributed by atoms with Gasteiger partial charge in [0.2, 0.25) is 0 Å². The first-order chi connectivity index (χ1) is 8.48. The summed E-state index contributed by atoms with van der Waals surface area (Å²) in [6, 6.07) is 9.70. The SMILES string of the molecule is CCC(C)N(CC)C(C)(C(=O)O)c1ccccc1. The number of carbonyl (C=O) groups is 1. The van der Waals surface area contributed by atoms with Crippen LogP contribution >= 0.6 is 0 Å². The van der Waals surface area contributed by atoms with Crippen molar-refractivity contribution in [3.05, 3.63) is 35.9 Å². The smallest absolute Gasteiger partial charge is 0.328 e. The van der Waals surface area contributed by atoms with Crippen LogP contribution in [-0.2, 0) is 10.3 Å². The third kappa shape index (κ3) is 2.56. The van der Waals surface area contributed by atoms with Crippen LogP contribution in [0.4, 0.5) is 0 Å². The van der Waals surface area contributed by atoms with E-state index in [4.69, 9.17) is 0 Å². The van der Waals surface area contributed by atoms with Crippen LogP contribution in [0.3, 0.4) is 0 Å². The largest absolute Gasteiger partial charge is 0.480 e. The Morgan fingerprint density at radius 2 is 1.89 bits per heavy atom. The highest BCUT2D eigenvalue weighted by Crippen LogP contribution is 2.31. The molecule has 18 heavy (non-hydrogen) atoms. The predicted molar refractivity (Wildman–Crippen MR) is 73.6 cm³/mol. The molecule has 3 heteroatoms. The predicted octanol–water partition coefficient (Wildman–Crippen LogP) is 3.11. The number of hydrogen-bond acceptors (Lipinski definition) is 2. The number of benzene rings is 1. The van der Waals surface area contributed by atoms with Gasteiger partial charge in [-0.3, -0.25) is 4.90 Å². The summed E-state index contributed by atoms with van der Waals surface area (Å²) in [4.78, 5) is 13.8. The molecule has 0 radical (unpaired) electrons. The molecule has 100 valence electrons. The Labute approximate surface area is 109 Å². The van der Waals surface area contributed by atoms with E-state index in [1.54, 1.807) is 6.92 Å². The van der Waals surface area contributed by atoms with Gasteiger partial charge in [0.1, 0.15) is 5.54 Å². The minimum atomic E-state index is -0.967. The molecule has 1 aromatic rings. The highest BCUT2D eigenvalue weighted by molar-refractivity contribution is 5.80. The Kier molecular flexibility index (Phi) is 4.91. The monoisotopic (exact) mass is 249 g/mol. The van der Waals surface area contributed by atoms with Crippen LogP contribution in [0.5, 0.6) is 0 Å². The summed E-state index contributed by atoms with van der Waals surface area (Å²) in [5.74, 6) is -0.796. The molecule has 0 aromatic heterocycles. The summed E-state index contributed by atoms with van der Waals surface area (Å²) >= 11 is 0. The summed E-state index contributed by atoms with van der Waals surface area (Å²) in [6.07, 6.45) is 0.934. The summed E-state index contributed by atoms with van der Waals surface area (Å²) < 4.78 is 0. The van der Waals surface area contributed by atoms with E-state index in [1.165, 1.54) is 0 Å². The average Bonchev–Trinajstić information content (AvgIpc) is 2.39. The van der Waals surface area contributed by atoms with Crippen molar-refractivity contribution >= 4 is 5.97 Å². The molecule has 0 amide bonds. The van der Waals surface area contributed by atoms with Gasteiger partial charge in [0.25, 0.3) is 0 Å². The van der Waals surface area contributed by atoms with E-state index in [0.717, 1.165) is 12.0 Å². The number of carboxylic acid groups (broad SMARTS) is 1. The molecule has 3 nitrogen and oxygen atoms in total. The van der Waals surface area contributed by atoms with Crippen LogP contribution in [0.2, 0.25) is 0 Å². The van der Waals surface area contributed by atoms with Crippen molar-refractivity contribution in [2.24, 2.45) is 0 Å². The molecule has 1 rings (SSSR count). The van der Waals surface area contributed by atoms with Crippen molar-refractivity contribution in [1.29, 1.82) is 0 Å². The van der Waals surface area contributed by atoms with E-state index in [2.05, 4.69) is 13.8 Å². The number of likely N-dealkylation sites (N-methyl/N-ethyl adjacent to an activating group) is 1. The van der Waals surface area contributed by atoms with E-state index in [9.17, 15) is 9.90 Å². The lowest BCUT2D eigenvalue weighted by Gasteiger charge is -2.41. The van der Waals surface area contributed by atoms with Crippen LogP contribution in [-0.4, -0.2) is 28.6 Å². The number of rotatable bonds is 6. The minimum absolute atomic E-state index is 0.233. The molecule has 2 unspecified atom stereocenters. The molecule has 0 saturated heterocycles. The maximum absolute atomic E-state index is 11.8. The first kappa shape index (κ1) is 14.7. The second-order valence-electron chi connectivity index (χ2n) is 4.79. The molecule has 1 aromatic carbocycles. The molecular weight excluding hydrogens is 226 g/mol. The van der Waals surface area contributed by atoms with Gasteiger partial charge >= 0.3 is 5.97 Å². The molecule has 0 aliphatic rings. The van der Waals surface area contributed by atoms with Gasteiger partial charge in [-0.25, -0.2) is 4.79 Å². The van der Waals surface area contributed by atoms with Crippen LogP contribution in [0.1, 0.15) is 39.7 Å². The normalized spacial score (nSPS) is 16.3. The van der Waals surface area contributed by atoms with Gasteiger partial charge in [-0.2, -0.15) is 0 Å². The molecular formula is C15H23NO2. The first-order valence-corrected chi connectivity index (χ1v) is 6.54. The Balaban J connectivity index is 3.26. The van der Waals surface area contributed by atoms with Crippen molar-refractivity contribution in [3.63, 3.8) is 0 Å². The van der Waals surface area contributed by atoms with E-state index in [-0.39, 0.29) is 6.04 Å². The van der Waals surface area contributed by atoms with Crippen molar-refractivity contribution in [3.8, 4) is 0 Å². The summed E-state index contributed by atoms with van der Waals surface area (Å²) in [5, 5.41) is 9.69. The van der Waals surface area contributed by atoms with Gasteiger partial charge in [-0.15, -0.1) is 0 Å². The lowest BCUT2D eigenvalue weighted by molar-refractivity contribution is -0.153. The lowest BCUT2D eigenvalue weighted by Crippen LogP contribution is -2.53. The Morgan fingerprint density at radius 3 is 2.28 bits per heavy atom. The molecule has 0 aliphatic heterocycles. The number of nitrogens with zero attached hydrogens (tertiary/aromatic N) is 1. The lowest BCUT2D eigenvalue weighted by atomic mass is 9.88. The van der Waals surface area contributed by atoms with E-state index in [0.29, 0.717) is 6.54 Å². The average molecular weight is 249 g/mol. The van der Waals surface area contributed by atoms with E-state index < -0.39 is 11.5 Å². The van der Waals surface area contributed by atoms with Gasteiger partial charge in [-0.05, 0) is 32.4 Å². The minimum Gasteiger partial charge on any atom is -0.480 e. The van der Waals surface area contributed by atoms with Gasteiger partial charge < -0.3 is 5.11 Å². The third-order valence-corrected chi connectivity index (χ3v) is 3.79. The second kappa shape index (κ2) is 6.01. The fourth-order valence-electron chi connectivity index (χ4n) is 2.46. The highest BCUT2D eigenvalue weighted by Gasteiger charge is 2.42. The quantitative estimate of drug-likeness (QED) is 0.842. The number of hydrogen-bond donors (Lipinski definition) is 1. The second-order valence-corrected chi connectivity index (χ2v) is 4.79. The van der Waals surface area contributed by atoms with E-state index in [1.807, 2.05) is 42.2 Å². The van der Waals surface area contributed by atoms with Gasteiger partial charge in [0.15, 0.2) is 0 Å². The fraction of sp³-hybridized carbons (Fsp3) is 0.533. The zero-order chi connectivity index (χ0) is 13.8. The third-order valence-electron chi connectivity index (χ3n) is 3.79. The maximum Gasteiger partial charge on any atom is 0.328 e. The molecule has 0 spiro atoms. The number of carboxylic acids is 1. The van der Waals surface area contributed by atoms with Crippen molar-refractivity contribution in [2.75, 3.05) is 6.54 Å². The topological polar surface area (TPSA) is 40.5 Å². The van der Waals surface area contributed by atoms with Crippen molar-refractivity contribution in [1.82, 2.24) is 4.90 Å². The van der Waals surface area contributed by atoms with Gasteiger partial charge in [-0.1, -0.05) is 44.2 Å².